The number of methoxy groups -OCH3 is 1. The van der Waals surface area contributed by atoms with Crippen molar-refractivity contribution < 1.29 is 14.3 Å². The highest BCUT2D eigenvalue weighted by atomic mass is 16.5. The lowest BCUT2D eigenvalue weighted by Crippen LogP contribution is -2.47. The maximum Gasteiger partial charge on any atom is 0.329 e. The maximum atomic E-state index is 13.3. The van der Waals surface area contributed by atoms with Gasteiger partial charge < -0.3 is 4.74 Å². The molecule has 1 aliphatic rings. The number of carbonyl (C=O) groups excluding carboxylic acids is 2. The number of hydrogen-bond donors (Lipinski definition) is 0. The molecule has 1 unspecified atom stereocenters. The van der Waals surface area contributed by atoms with Crippen LogP contribution in [0, 0.1) is 6.92 Å². The van der Waals surface area contributed by atoms with Crippen molar-refractivity contribution in [3.8, 4) is 5.75 Å². The SMILES string of the molecule is COc1ccc(CN2C(=O)CCC(n3c(=O)n(C)c4c(C)cccc43)C2=O)cc1. The Morgan fingerprint density at radius 2 is 1.79 bits per heavy atom. The van der Waals surface area contributed by atoms with Gasteiger partial charge in [-0.3, -0.25) is 23.6 Å². The molecule has 1 fully saturated rings. The first-order chi connectivity index (χ1) is 13.9. The highest BCUT2D eigenvalue weighted by Crippen LogP contribution is 2.28. The van der Waals surface area contributed by atoms with Crippen LogP contribution >= 0.6 is 0 Å². The van der Waals surface area contributed by atoms with Gasteiger partial charge in [0.05, 0.1) is 24.7 Å². The Bertz CT molecular complexity index is 1160. The number of nitrogens with zero attached hydrogens (tertiary/aromatic N) is 3. The van der Waals surface area contributed by atoms with Gasteiger partial charge >= 0.3 is 5.69 Å². The maximum absolute atomic E-state index is 13.3. The van der Waals surface area contributed by atoms with Crippen molar-refractivity contribution in [2.24, 2.45) is 7.05 Å². The van der Waals surface area contributed by atoms with Crippen molar-refractivity contribution in [2.45, 2.75) is 32.4 Å². The fourth-order valence-corrected chi connectivity index (χ4v) is 4.08. The second-order valence-corrected chi connectivity index (χ2v) is 7.37. The predicted molar refractivity (Wildman–Crippen MR) is 109 cm³/mol. The van der Waals surface area contributed by atoms with Crippen LogP contribution in [0.5, 0.6) is 5.75 Å². The number of para-hydroxylation sites is 1. The summed E-state index contributed by atoms with van der Waals surface area (Å²) in [7, 11) is 3.29. The molecule has 0 spiro atoms. The van der Waals surface area contributed by atoms with E-state index in [1.165, 1.54) is 9.47 Å². The Morgan fingerprint density at radius 3 is 2.48 bits per heavy atom. The monoisotopic (exact) mass is 393 g/mol. The minimum absolute atomic E-state index is 0.177. The Labute approximate surface area is 168 Å². The van der Waals surface area contributed by atoms with E-state index in [0.29, 0.717) is 12.2 Å². The topological polar surface area (TPSA) is 73.5 Å². The number of rotatable bonds is 4. The lowest BCUT2D eigenvalue weighted by molar-refractivity contribution is -0.151. The van der Waals surface area contributed by atoms with E-state index < -0.39 is 6.04 Å². The molecule has 7 heteroatoms. The Hall–Kier alpha value is -3.35. The van der Waals surface area contributed by atoms with Gasteiger partial charge in [0.1, 0.15) is 11.8 Å². The predicted octanol–water partition coefficient (Wildman–Crippen LogP) is 2.55. The highest BCUT2D eigenvalue weighted by molar-refractivity contribution is 6.00. The number of hydrogen-bond acceptors (Lipinski definition) is 4. The highest BCUT2D eigenvalue weighted by Gasteiger charge is 2.37. The van der Waals surface area contributed by atoms with Crippen LogP contribution in [0.4, 0.5) is 0 Å². The molecule has 0 N–H and O–H groups in total. The van der Waals surface area contributed by atoms with E-state index >= 15 is 0 Å². The van der Waals surface area contributed by atoms with Crippen molar-refractivity contribution in [2.75, 3.05) is 7.11 Å². The summed E-state index contributed by atoms with van der Waals surface area (Å²) in [5.74, 6) is 0.153. The third-order valence-corrected chi connectivity index (χ3v) is 5.60. The number of piperidine rings is 1. The Kier molecular flexibility index (Phi) is 4.74. The number of ether oxygens (including phenoxy) is 1. The normalized spacial score (nSPS) is 17.2. The summed E-state index contributed by atoms with van der Waals surface area (Å²) in [5.41, 5.74) is 3.08. The zero-order valence-electron chi connectivity index (χ0n) is 16.7. The van der Waals surface area contributed by atoms with Crippen LogP contribution < -0.4 is 10.4 Å². The molecule has 1 aromatic heterocycles. The van der Waals surface area contributed by atoms with Gasteiger partial charge in [0.15, 0.2) is 0 Å². The van der Waals surface area contributed by atoms with Gasteiger partial charge in [-0.2, -0.15) is 0 Å². The van der Waals surface area contributed by atoms with Crippen molar-refractivity contribution in [3.05, 3.63) is 64.1 Å². The van der Waals surface area contributed by atoms with Crippen LogP contribution in [0.25, 0.3) is 11.0 Å². The van der Waals surface area contributed by atoms with E-state index in [9.17, 15) is 14.4 Å². The van der Waals surface area contributed by atoms with E-state index in [4.69, 9.17) is 4.74 Å². The van der Waals surface area contributed by atoms with E-state index in [2.05, 4.69) is 0 Å². The van der Waals surface area contributed by atoms with Crippen molar-refractivity contribution in [1.29, 1.82) is 0 Å². The molecule has 0 aliphatic carbocycles. The fraction of sp³-hybridized carbons (Fsp3) is 0.318. The molecule has 0 bridgehead atoms. The lowest BCUT2D eigenvalue weighted by Gasteiger charge is -2.31. The first kappa shape index (κ1) is 19.0. The van der Waals surface area contributed by atoms with Crippen LogP contribution in [0.2, 0.25) is 0 Å². The second kappa shape index (κ2) is 7.24. The number of likely N-dealkylation sites (tertiary alicyclic amines) is 1. The molecule has 2 heterocycles. The molecule has 29 heavy (non-hydrogen) atoms. The number of imidazole rings is 1. The zero-order valence-corrected chi connectivity index (χ0v) is 16.7. The van der Waals surface area contributed by atoms with Crippen LogP contribution in [-0.2, 0) is 23.2 Å². The van der Waals surface area contributed by atoms with Gasteiger partial charge in [-0.05, 0) is 42.7 Å². The third kappa shape index (κ3) is 3.12. The van der Waals surface area contributed by atoms with Crippen molar-refractivity contribution in [3.63, 3.8) is 0 Å². The van der Waals surface area contributed by atoms with Gasteiger partial charge in [-0.15, -0.1) is 0 Å². The molecule has 1 saturated heterocycles. The summed E-state index contributed by atoms with van der Waals surface area (Å²) in [6.07, 6.45) is 0.547. The molecule has 1 aliphatic heterocycles. The number of benzene rings is 2. The van der Waals surface area contributed by atoms with E-state index in [1.807, 2.05) is 37.3 Å². The molecule has 4 rings (SSSR count). The van der Waals surface area contributed by atoms with Gasteiger partial charge in [0.25, 0.3) is 5.91 Å². The number of carbonyl (C=O) groups is 2. The van der Waals surface area contributed by atoms with Gasteiger partial charge in [-0.1, -0.05) is 24.3 Å². The number of amides is 2. The van der Waals surface area contributed by atoms with Crippen molar-refractivity contribution >= 4 is 22.8 Å². The molecule has 0 radical (unpaired) electrons. The number of fused-ring (bicyclic) bond motifs is 1. The zero-order chi connectivity index (χ0) is 20.7. The molecule has 0 saturated carbocycles. The molecule has 7 nitrogen and oxygen atoms in total. The molecule has 3 aromatic rings. The van der Waals surface area contributed by atoms with Crippen LogP contribution in [-0.4, -0.2) is 33.0 Å². The largest absolute Gasteiger partial charge is 0.497 e. The van der Waals surface area contributed by atoms with Gasteiger partial charge in [0.2, 0.25) is 5.91 Å². The second-order valence-electron chi connectivity index (χ2n) is 7.37. The minimum atomic E-state index is -0.691. The van der Waals surface area contributed by atoms with Crippen molar-refractivity contribution in [1.82, 2.24) is 14.0 Å². The van der Waals surface area contributed by atoms with E-state index in [1.54, 1.807) is 30.9 Å². The average Bonchev–Trinajstić information content (AvgIpc) is 2.97. The molecule has 2 amide bonds. The summed E-state index contributed by atoms with van der Waals surface area (Å²) >= 11 is 0. The molecular formula is C22H23N3O4. The first-order valence-corrected chi connectivity index (χ1v) is 9.56. The van der Waals surface area contributed by atoms with E-state index in [0.717, 1.165) is 22.2 Å². The van der Waals surface area contributed by atoms with Crippen LogP contribution in [0.15, 0.2) is 47.3 Å². The van der Waals surface area contributed by atoms with Crippen LogP contribution in [0.1, 0.15) is 30.0 Å². The molecule has 2 aromatic carbocycles. The summed E-state index contributed by atoms with van der Waals surface area (Å²) in [4.78, 5) is 40.0. The van der Waals surface area contributed by atoms with Gasteiger partial charge in [0, 0.05) is 13.5 Å². The molecule has 150 valence electrons. The quantitative estimate of drug-likeness (QED) is 0.639. The number of aryl methyl sites for hydroxylation is 2. The smallest absolute Gasteiger partial charge is 0.329 e. The Balaban J connectivity index is 1.71. The number of aromatic nitrogens is 2. The first-order valence-electron chi connectivity index (χ1n) is 9.56. The van der Waals surface area contributed by atoms with Crippen LogP contribution in [0.3, 0.4) is 0 Å². The van der Waals surface area contributed by atoms with E-state index in [-0.39, 0.29) is 30.5 Å². The number of imide groups is 1. The summed E-state index contributed by atoms with van der Waals surface area (Å²) in [6, 6.07) is 12.2. The van der Waals surface area contributed by atoms with Gasteiger partial charge in [-0.25, -0.2) is 4.79 Å². The third-order valence-electron chi connectivity index (χ3n) is 5.60. The summed E-state index contributed by atoms with van der Waals surface area (Å²) < 4.78 is 8.27. The minimum Gasteiger partial charge on any atom is -0.497 e. The standard InChI is InChI=1S/C22H23N3O4/c1-14-5-4-6-17-20(14)23(2)22(28)25(17)18-11-12-19(26)24(21(18)27)13-15-7-9-16(29-3)10-8-15/h4-10,18H,11-13H2,1-3H3. The average molecular weight is 393 g/mol. The molecular weight excluding hydrogens is 370 g/mol. The Morgan fingerprint density at radius 1 is 1.07 bits per heavy atom. The lowest BCUT2D eigenvalue weighted by atomic mass is 10.0. The summed E-state index contributed by atoms with van der Waals surface area (Å²) in [5, 5.41) is 0. The molecule has 1 atom stereocenters. The summed E-state index contributed by atoms with van der Waals surface area (Å²) in [6.45, 7) is 2.12. The fourth-order valence-electron chi connectivity index (χ4n) is 4.08.